The van der Waals surface area contributed by atoms with Gasteiger partial charge in [-0.3, -0.25) is 4.57 Å². The molecule has 0 saturated carbocycles. The summed E-state index contributed by atoms with van der Waals surface area (Å²) >= 11 is 9.65. The van der Waals surface area contributed by atoms with E-state index in [2.05, 4.69) is 32.0 Å². The SMILES string of the molecule is CC(Cl)c1nc2cc(Br)cnc2n1-c1cccc(C#N)c1. The number of rotatable bonds is 2. The molecule has 2 aromatic heterocycles. The number of halogens is 2. The van der Waals surface area contributed by atoms with Gasteiger partial charge in [-0.05, 0) is 47.1 Å². The minimum atomic E-state index is -0.274. The lowest BCUT2D eigenvalue weighted by Crippen LogP contribution is -2.03. The molecule has 104 valence electrons. The van der Waals surface area contributed by atoms with E-state index in [9.17, 15) is 0 Å². The molecule has 6 heteroatoms. The Balaban J connectivity index is 2.34. The molecule has 0 N–H and O–H groups in total. The Morgan fingerprint density at radius 3 is 2.90 bits per heavy atom. The molecule has 1 aromatic carbocycles. The Labute approximate surface area is 135 Å². The maximum atomic E-state index is 9.06. The van der Waals surface area contributed by atoms with Crippen LogP contribution >= 0.6 is 27.5 Å². The molecule has 0 aliphatic heterocycles. The summed E-state index contributed by atoms with van der Waals surface area (Å²) in [6.45, 7) is 1.86. The summed E-state index contributed by atoms with van der Waals surface area (Å²) in [5.74, 6) is 0.701. The molecule has 4 nitrogen and oxygen atoms in total. The zero-order chi connectivity index (χ0) is 15.0. The molecule has 2 heterocycles. The van der Waals surface area contributed by atoms with Crippen molar-refractivity contribution in [3.05, 3.63) is 52.4 Å². The summed E-state index contributed by atoms with van der Waals surface area (Å²) in [7, 11) is 0. The van der Waals surface area contributed by atoms with Gasteiger partial charge in [0.2, 0.25) is 0 Å². The number of nitriles is 1. The number of hydrogen-bond acceptors (Lipinski definition) is 3. The van der Waals surface area contributed by atoms with Crippen LogP contribution in [0.3, 0.4) is 0 Å². The van der Waals surface area contributed by atoms with Gasteiger partial charge in [-0.15, -0.1) is 11.6 Å². The quantitative estimate of drug-likeness (QED) is 0.637. The van der Waals surface area contributed by atoms with E-state index in [1.54, 1.807) is 18.3 Å². The predicted molar refractivity (Wildman–Crippen MR) is 85.5 cm³/mol. The Morgan fingerprint density at radius 1 is 1.38 bits per heavy atom. The highest BCUT2D eigenvalue weighted by atomic mass is 79.9. The third-order valence-electron chi connectivity index (χ3n) is 3.08. The average molecular weight is 362 g/mol. The van der Waals surface area contributed by atoms with Crippen LogP contribution in [0, 0.1) is 11.3 Å². The molecule has 1 unspecified atom stereocenters. The van der Waals surface area contributed by atoms with Crippen LogP contribution in [0.15, 0.2) is 41.0 Å². The number of aromatic nitrogens is 3. The fourth-order valence-corrected chi connectivity index (χ4v) is 2.66. The van der Waals surface area contributed by atoms with Crippen LogP contribution in [-0.4, -0.2) is 14.5 Å². The summed E-state index contributed by atoms with van der Waals surface area (Å²) in [6.07, 6.45) is 1.72. The first-order valence-corrected chi connectivity index (χ1v) is 7.51. The highest BCUT2D eigenvalue weighted by molar-refractivity contribution is 9.10. The summed E-state index contributed by atoms with van der Waals surface area (Å²) in [4.78, 5) is 8.99. The highest BCUT2D eigenvalue weighted by Crippen LogP contribution is 2.28. The number of fused-ring (bicyclic) bond motifs is 1. The molecule has 0 saturated heterocycles. The van der Waals surface area contributed by atoms with Gasteiger partial charge in [0.25, 0.3) is 0 Å². The van der Waals surface area contributed by atoms with Crippen molar-refractivity contribution in [3.63, 3.8) is 0 Å². The molecule has 0 aliphatic carbocycles. The van der Waals surface area contributed by atoms with Gasteiger partial charge in [0.1, 0.15) is 11.3 Å². The van der Waals surface area contributed by atoms with Crippen molar-refractivity contribution < 1.29 is 0 Å². The predicted octanol–water partition coefficient (Wildman–Crippen LogP) is 4.35. The van der Waals surface area contributed by atoms with E-state index in [-0.39, 0.29) is 5.38 Å². The number of alkyl halides is 1. The lowest BCUT2D eigenvalue weighted by molar-refractivity contribution is 0.876. The van der Waals surface area contributed by atoms with Crippen molar-refractivity contribution in [1.29, 1.82) is 5.26 Å². The van der Waals surface area contributed by atoms with Crippen molar-refractivity contribution in [2.45, 2.75) is 12.3 Å². The first kappa shape index (κ1) is 14.1. The molecule has 0 spiro atoms. The van der Waals surface area contributed by atoms with E-state index >= 15 is 0 Å². The van der Waals surface area contributed by atoms with Crippen LogP contribution in [0.4, 0.5) is 0 Å². The molecule has 0 amide bonds. The summed E-state index contributed by atoms with van der Waals surface area (Å²) in [5, 5.41) is 8.79. The Kier molecular flexibility index (Phi) is 3.66. The van der Waals surface area contributed by atoms with Crippen molar-refractivity contribution >= 4 is 38.7 Å². The Morgan fingerprint density at radius 2 is 2.19 bits per heavy atom. The van der Waals surface area contributed by atoms with E-state index in [4.69, 9.17) is 16.9 Å². The van der Waals surface area contributed by atoms with Crippen molar-refractivity contribution in [3.8, 4) is 11.8 Å². The first-order valence-electron chi connectivity index (χ1n) is 6.28. The molecule has 0 aliphatic rings. The summed E-state index contributed by atoms with van der Waals surface area (Å²) in [5.41, 5.74) is 2.89. The van der Waals surface area contributed by atoms with Crippen LogP contribution in [0.2, 0.25) is 0 Å². The monoisotopic (exact) mass is 360 g/mol. The number of benzene rings is 1. The molecular weight excluding hydrogens is 352 g/mol. The van der Waals surface area contributed by atoms with Gasteiger partial charge in [0, 0.05) is 10.7 Å². The van der Waals surface area contributed by atoms with E-state index < -0.39 is 0 Å². The van der Waals surface area contributed by atoms with Crippen LogP contribution in [0.25, 0.3) is 16.9 Å². The number of pyridine rings is 1. The first-order chi connectivity index (χ1) is 10.1. The van der Waals surface area contributed by atoms with Gasteiger partial charge in [-0.25, -0.2) is 9.97 Å². The van der Waals surface area contributed by atoms with Gasteiger partial charge in [-0.2, -0.15) is 5.26 Å². The molecule has 21 heavy (non-hydrogen) atoms. The number of hydrogen-bond donors (Lipinski definition) is 0. The molecule has 3 rings (SSSR count). The van der Waals surface area contributed by atoms with Gasteiger partial charge in [-0.1, -0.05) is 6.07 Å². The van der Waals surface area contributed by atoms with Crippen LogP contribution in [-0.2, 0) is 0 Å². The zero-order valence-corrected chi connectivity index (χ0v) is 13.4. The molecule has 1 atom stereocenters. The van der Waals surface area contributed by atoms with Crippen LogP contribution in [0.5, 0.6) is 0 Å². The van der Waals surface area contributed by atoms with E-state index in [0.717, 1.165) is 21.3 Å². The van der Waals surface area contributed by atoms with Gasteiger partial charge in [0.05, 0.1) is 22.7 Å². The highest BCUT2D eigenvalue weighted by Gasteiger charge is 2.17. The minimum absolute atomic E-state index is 0.274. The maximum absolute atomic E-state index is 9.06. The van der Waals surface area contributed by atoms with Crippen LogP contribution < -0.4 is 0 Å². The maximum Gasteiger partial charge on any atom is 0.164 e. The summed E-state index contributed by atoms with van der Waals surface area (Å²) in [6, 6.07) is 11.3. The molecule has 3 aromatic rings. The molecular formula is C15H10BrClN4. The molecule has 0 radical (unpaired) electrons. The summed E-state index contributed by atoms with van der Waals surface area (Å²) < 4.78 is 2.75. The number of imidazole rings is 1. The van der Waals surface area contributed by atoms with Gasteiger partial charge < -0.3 is 0 Å². The molecule has 0 bridgehead atoms. The number of nitrogens with zero attached hydrogens (tertiary/aromatic N) is 4. The second kappa shape index (κ2) is 5.47. The van der Waals surface area contributed by atoms with E-state index in [1.165, 1.54) is 0 Å². The van der Waals surface area contributed by atoms with Gasteiger partial charge in [0.15, 0.2) is 5.65 Å². The largest absolute Gasteiger partial charge is 0.279 e. The van der Waals surface area contributed by atoms with E-state index in [1.807, 2.05) is 29.7 Å². The Bertz CT molecular complexity index is 864. The third kappa shape index (κ3) is 2.53. The second-order valence-electron chi connectivity index (χ2n) is 4.58. The zero-order valence-electron chi connectivity index (χ0n) is 11.1. The third-order valence-corrected chi connectivity index (χ3v) is 3.71. The lowest BCUT2D eigenvalue weighted by Gasteiger charge is -2.10. The van der Waals surface area contributed by atoms with Gasteiger partial charge >= 0.3 is 0 Å². The smallest absolute Gasteiger partial charge is 0.164 e. The minimum Gasteiger partial charge on any atom is -0.279 e. The van der Waals surface area contributed by atoms with Crippen molar-refractivity contribution in [2.24, 2.45) is 0 Å². The topological polar surface area (TPSA) is 54.5 Å². The van der Waals surface area contributed by atoms with Crippen molar-refractivity contribution in [1.82, 2.24) is 14.5 Å². The standard InChI is InChI=1S/C15H10BrClN4/c1-9(17)14-20-13-6-11(16)8-19-15(13)21(14)12-4-2-3-10(5-12)7-18/h2-6,8-9H,1H3. The normalized spacial score (nSPS) is 12.3. The fraction of sp³-hybridized carbons (Fsp3) is 0.133. The van der Waals surface area contributed by atoms with Crippen molar-refractivity contribution in [2.75, 3.05) is 0 Å². The van der Waals surface area contributed by atoms with Crippen LogP contribution in [0.1, 0.15) is 23.7 Å². The van der Waals surface area contributed by atoms with E-state index in [0.29, 0.717) is 11.4 Å². The second-order valence-corrected chi connectivity index (χ2v) is 6.15. The molecule has 0 fully saturated rings. The average Bonchev–Trinajstić information content (AvgIpc) is 2.86. The lowest BCUT2D eigenvalue weighted by atomic mass is 10.2. The Hall–Kier alpha value is -1.90. The fourth-order valence-electron chi connectivity index (χ4n) is 2.19.